The second-order valence-corrected chi connectivity index (χ2v) is 11.2. The van der Waals surface area contributed by atoms with E-state index in [1.54, 1.807) is 12.1 Å². The number of halogens is 3. The molecule has 7 rings (SSSR count). The van der Waals surface area contributed by atoms with Gasteiger partial charge in [0.2, 0.25) is 5.13 Å². The number of benzene rings is 1. The fraction of sp³-hybridized carbons (Fsp3) is 0.542. The zero-order valence-electron chi connectivity index (χ0n) is 18.2. The first kappa shape index (κ1) is 21.1. The first-order valence-corrected chi connectivity index (χ1v) is 12.3. The van der Waals surface area contributed by atoms with Crippen LogP contribution >= 0.6 is 11.3 Å². The van der Waals surface area contributed by atoms with Crippen LogP contribution in [0.1, 0.15) is 56.7 Å². The maximum atomic E-state index is 13.8. The van der Waals surface area contributed by atoms with Crippen LogP contribution in [0.5, 0.6) is 0 Å². The van der Waals surface area contributed by atoms with Crippen LogP contribution in [0.25, 0.3) is 15.3 Å². The fourth-order valence-corrected chi connectivity index (χ4v) is 7.84. The monoisotopic (exact) mass is 474 g/mol. The standard InChI is InChI=1S/C24H25F3N4OS/c1-13(23-9-14-6-15(10-23)8-16(7-14)11-23)28-12-17-20(24(25,26)27)30-31(21(17)32)22-29-18-4-2-3-5-19(18)33-22/h2-5,12-16,30H,6-11H2,1H3. The van der Waals surface area contributed by atoms with E-state index in [4.69, 9.17) is 0 Å². The van der Waals surface area contributed by atoms with Crippen molar-refractivity contribution in [1.29, 1.82) is 0 Å². The highest BCUT2D eigenvalue weighted by atomic mass is 32.1. The fourth-order valence-electron chi connectivity index (χ4n) is 6.91. The molecule has 0 amide bonds. The number of para-hydroxylation sites is 1. The van der Waals surface area contributed by atoms with Crippen molar-refractivity contribution in [3.63, 3.8) is 0 Å². The summed E-state index contributed by atoms with van der Waals surface area (Å²) in [5, 5.41) is 2.44. The molecule has 0 aliphatic heterocycles. The number of aliphatic imine (C=N–C) groups is 1. The molecule has 174 valence electrons. The lowest BCUT2D eigenvalue weighted by molar-refractivity contribution is -0.141. The van der Waals surface area contributed by atoms with Crippen molar-refractivity contribution in [3.05, 3.63) is 45.9 Å². The lowest BCUT2D eigenvalue weighted by atomic mass is 9.48. The molecular weight excluding hydrogens is 449 g/mol. The van der Waals surface area contributed by atoms with Crippen molar-refractivity contribution in [2.24, 2.45) is 28.2 Å². The maximum absolute atomic E-state index is 13.8. The van der Waals surface area contributed by atoms with Crippen molar-refractivity contribution in [2.45, 2.75) is 57.7 Å². The molecule has 2 heterocycles. The van der Waals surface area contributed by atoms with Gasteiger partial charge in [-0.15, -0.1) is 0 Å². The van der Waals surface area contributed by atoms with Crippen LogP contribution in [0.4, 0.5) is 13.2 Å². The summed E-state index contributed by atoms with van der Waals surface area (Å²) in [6.45, 7) is 2.01. The summed E-state index contributed by atoms with van der Waals surface area (Å²) in [5.74, 6) is 2.18. The molecule has 1 aromatic carbocycles. The molecular formula is C24H25F3N4OS. The Morgan fingerprint density at radius 1 is 1.18 bits per heavy atom. The van der Waals surface area contributed by atoms with Crippen LogP contribution < -0.4 is 5.56 Å². The van der Waals surface area contributed by atoms with Gasteiger partial charge < -0.3 is 0 Å². The zero-order chi connectivity index (χ0) is 23.0. The van der Waals surface area contributed by atoms with E-state index in [0.717, 1.165) is 52.6 Å². The number of aromatic amines is 1. The molecule has 0 spiro atoms. The van der Waals surface area contributed by atoms with Crippen LogP contribution in [0.2, 0.25) is 0 Å². The number of aromatic nitrogens is 3. The number of alkyl halides is 3. The third-order valence-corrected chi connectivity index (χ3v) is 9.10. The van der Waals surface area contributed by atoms with Crippen molar-refractivity contribution in [3.8, 4) is 5.13 Å². The predicted molar refractivity (Wildman–Crippen MR) is 122 cm³/mol. The zero-order valence-corrected chi connectivity index (χ0v) is 19.0. The van der Waals surface area contributed by atoms with Crippen LogP contribution in [0.3, 0.4) is 0 Å². The number of H-pyrrole nitrogens is 1. The molecule has 4 bridgehead atoms. The van der Waals surface area contributed by atoms with E-state index in [9.17, 15) is 18.0 Å². The number of nitrogens with one attached hydrogen (secondary N) is 1. The van der Waals surface area contributed by atoms with E-state index in [1.165, 1.54) is 30.6 Å². The van der Waals surface area contributed by atoms with E-state index in [1.807, 2.05) is 19.1 Å². The summed E-state index contributed by atoms with van der Waals surface area (Å²) in [6.07, 6.45) is 3.64. The molecule has 9 heteroatoms. The van der Waals surface area contributed by atoms with Gasteiger partial charge in [-0.1, -0.05) is 23.5 Å². The Labute approximate surface area is 192 Å². The summed E-state index contributed by atoms with van der Waals surface area (Å²) in [4.78, 5) is 22.0. The second-order valence-electron chi connectivity index (χ2n) is 10.2. The molecule has 4 fully saturated rings. The first-order chi connectivity index (χ1) is 15.7. The number of rotatable bonds is 4. The van der Waals surface area contributed by atoms with Crippen molar-refractivity contribution < 1.29 is 13.2 Å². The topological polar surface area (TPSA) is 63.0 Å². The van der Waals surface area contributed by atoms with Gasteiger partial charge in [-0.3, -0.25) is 14.9 Å². The molecule has 5 nitrogen and oxygen atoms in total. The molecule has 4 aliphatic carbocycles. The van der Waals surface area contributed by atoms with Gasteiger partial charge in [-0.2, -0.15) is 17.9 Å². The third kappa shape index (κ3) is 3.47. The number of hydrogen-bond acceptors (Lipinski definition) is 4. The number of thiazole rings is 1. The molecule has 1 unspecified atom stereocenters. The van der Waals surface area contributed by atoms with E-state index < -0.39 is 23.0 Å². The predicted octanol–water partition coefficient (Wildman–Crippen LogP) is 5.82. The third-order valence-electron chi connectivity index (χ3n) is 8.08. The molecule has 1 atom stereocenters. The largest absolute Gasteiger partial charge is 0.433 e. The van der Waals surface area contributed by atoms with Crippen molar-refractivity contribution in [1.82, 2.24) is 14.8 Å². The molecule has 1 N–H and O–H groups in total. The molecule has 2 aromatic heterocycles. The Hall–Kier alpha value is -2.42. The minimum absolute atomic E-state index is 0.0615. The van der Waals surface area contributed by atoms with Gasteiger partial charge in [0.15, 0.2) is 5.69 Å². The molecule has 3 aromatic rings. The minimum Gasteiger partial charge on any atom is -0.289 e. The lowest BCUT2D eigenvalue weighted by Gasteiger charge is -2.58. The average molecular weight is 475 g/mol. The highest BCUT2D eigenvalue weighted by molar-refractivity contribution is 7.20. The molecule has 0 saturated heterocycles. The van der Waals surface area contributed by atoms with Gasteiger partial charge in [0.25, 0.3) is 5.56 Å². The summed E-state index contributed by atoms with van der Waals surface area (Å²) < 4.78 is 43.2. The molecule has 4 aliphatic rings. The van der Waals surface area contributed by atoms with Crippen LogP contribution in [0.15, 0.2) is 34.1 Å². The number of hydrogen-bond donors (Lipinski definition) is 1. The van der Waals surface area contributed by atoms with Gasteiger partial charge in [-0.05, 0) is 80.8 Å². The van der Waals surface area contributed by atoms with Crippen molar-refractivity contribution >= 4 is 27.8 Å². The number of fused-ring (bicyclic) bond motifs is 1. The lowest BCUT2D eigenvalue weighted by Crippen LogP contribution is -2.50. The summed E-state index contributed by atoms with van der Waals surface area (Å²) in [6, 6.07) is 7.10. The SMILES string of the molecule is CC(N=Cc1c(C(F)(F)F)[nH]n(-c2nc3ccccc3s2)c1=O)C12CC3CC(CC(C3)C1)C2. The molecule has 33 heavy (non-hydrogen) atoms. The average Bonchev–Trinajstić information content (AvgIpc) is 3.31. The van der Waals surface area contributed by atoms with Crippen LogP contribution in [-0.4, -0.2) is 27.0 Å². The smallest absolute Gasteiger partial charge is 0.289 e. The highest BCUT2D eigenvalue weighted by Gasteiger charge is 2.53. The Balaban J connectivity index is 1.37. The van der Waals surface area contributed by atoms with E-state index >= 15 is 0 Å². The van der Waals surface area contributed by atoms with Gasteiger partial charge in [0, 0.05) is 6.21 Å². The van der Waals surface area contributed by atoms with Gasteiger partial charge >= 0.3 is 6.18 Å². The van der Waals surface area contributed by atoms with E-state index in [0.29, 0.717) is 5.52 Å². The second kappa shape index (κ2) is 7.29. The van der Waals surface area contributed by atoms with Crippen LogP contribution in [-0.2, 0) is 6.18 Å². The molecule has 4 saturated carbocycles. The van der Waals surface area contributed by atoms with Gasteiger partial charge in [0.1, 0.15) is 0 Å². The normalized spacial score (nSPS) is 30.0. The maximum Gasteiger partial charge on any atom is 0.433 e. The highest BCUT2D eigenvalue weighted by Crippen LogP contribution is 2.61. The summed E-state index contributed by atoms with van der Waals surface area (Å²) >= 11 is 1.17. The Bertz CT molecular complexity index is 1230. The first-order valence-electron chi connectivity index (χ1n) is 11.5. The van der Waals surface area contributed by atoms with Crippen molar-refractivity contribution in [2.75, 3.05) is 0 Å². The summed E-state index contributed by atoms with van der Waals surface area (Å²) in [7, 11) is 0. The molecule has 0 radical (unpaired) electrons. The Morgan fingerprint density at radius 2 is 1.82 bits per heavy atom. The summed E-state index contributed by atoms with van der Waals surface area (Å²) in [5.41, 5.74) is -1.60. The van der Waals surface area contributed by atoms with E-state index in [-0.39, 0.29) is 16.6 Å². The van der Waals surface area contributed by atoms with E-state index in [2.05, 4.69) is 15.1 Å². The van der Waals surface area contributed by atoms with Gasteiger partial charge in [-0.25, -0.2) is 4.98 Å². The number of nitrogens with zero attached hydrogens (tertiary/aromatic N) is 3. The minimum atomic E-state index is -4.70. The Morgan fingerprint density at radius 3 is 2.42 bits per heavy atom. The van der Waals surface area contributed by atoms with Crippen LogP contribution in [0, 0.1) is 23.2 Å². The van der Waals surface area contributed by atoms with Gasteiger partial charge in [0.05, 0.1) is 21.8 Å². The quantitative estimate of drug-likeness (QED) is 0.485. The Kier molecular flexibility index (Phi) is 4.67.